The van der Waals surface area contributed by atoms with E-state index in [9.17, 15) is 14.7 Å². The summed E-state index contributed by atoms with van der Waals surface area (Å²) in [4.78, 5) is 24.4. The summed E-state index contributed by atoms with van der Waals surface area (Å²) in [5.41, 5.74) is -1.21. The first-order chi connectivity index (χ1) is 15.6. The largest absolute Gasteiger partial charge is 0.496 e. The average Bonchev–Trinajstić information content (AvgIpc) is 3.38. The molecule has 188 valence electrons. The summed E-state index contributed by atoms with van der Waals surface area (Å²) in [7, 11) is 1.44. The van der Waals surface area contributed by atoms with E-state index >= 15 is 0 Å². The lowest BCUT2D eigenvalue weighted by Crippen LogP contribution is -2.42. The lowest BCUT2D eigenvalue weighted by Gasteiger charge is -2.33. The minimum absolute atomic E-state index is 0.0253. The van der Waals surface area contributed by atoms with Crippen LogP contribution in [-0.4, -0.2) is 47.7 Å². The zero-order valence-corrected chi connectivity index (χ0v) is 21.7. The van der Waals surface area contributed by atoms with Crippen LogP contribution in [0.3, 0.4) is 0 Å². The van der Waals surface area contributed by atoms with Gasteiger partial charge < -0.3 is 28.5 Å². The monoisotopic (exact) mass is 476 g/mol. The van der Waals surface area contributed by atoms with E-state index < -0.39 is 28.9 Å². The highest BCUT2D eigenvalue weighted by Gasteiger charge is 2.71. The third-order valence-corrected chi connectivity index (χ3v) is 6.96. The fourth-order valence-electron chi connectivity index (χ4n) is 5.26. The molecule has 8 heteroatoms. The van der Waals surface area contributed by atoms with Crippen molar-refractivity contribution in [2.45, 2.75) is 97.4 Å². The Balaban J connectivity index is 2.02. The van der Waals surface area contributed by atoms with Crippen LogP contribution in [0, 0.1) is 13.8 Å². The fourth-order valence-corrected chi connectivity index (χ4v) is 5.26. The minimum Gasteiger partial charge on any atom is -0.496 e. The van der Waals surface area contributed by atoms with Crippen molar-refractivity contribution >= 4 is 5.97 Å². The lowest BCUT2D eigenvalue weighted by molar-refractivity contribution is -0.159. The van der Waals surface area contributed by atoms with Gasteiger partial charge in [0.2, 0.25) is 0 Å². The van der Waals surface area contributed by atoms with Crippen LogP contribution < -0.4 is 10.4 Å². The predicted octanol–water partition coefficient (Wildman–Crippen LogP) is 3.63. The predicted molar refractivity (Wildman–Crippen MR) is 126 cm³/mol. The van der Waals surface area contributed by atoms with Gasteiger partial charge in [0.1, 0.15) is 28.8 Å². The molecule has 1 aromatic rings. The van der Waals surface area contributed by atoms with Crippen LogP contribution >= 0.6 is 0 Å². The third-order valence-electron chi connectivity index (χ3n) is 6.96. The first-order valence-corrected chi connectivity index (χ1v) is 11.4. The Morgan fingerprint density at radius 3 is 2.26 bits per heavy atom. The Labute approximate surface area is 200 Å². The molecule has 3 heterocycles. The summed E-state index contributed by atoms with van der Waals surface area (Å²) >= 11 is 0. The van der Waals surface area contributed by atoms with Gasteiger partial charge in [0.15, 0.2) is 11.7 Å². The van der Waals surface area contributed by atoms with Gasteiger partial charge in [-0.25, -0.2) is 4.79 Å². The number of rotatable bonds is 7. The van der Waals surface area contributed by atoms with Crippen LogP contribution in [0.25, 0.3) is 0 Å². The molecule has 6 atom stereocenters. The van der Waals surface area contributed by atoms with Gasteiger partial charge in [-0.2, -0.15) is 0 Å². The zero-order chi connectivity index (χ0) is 25.8. The SMILES string of the molecule is COc1c(C)c(C(C)(O)[C@@H](OC(C)=O)/C(C)=C/C(C)=C/[C@]2(C)O[C@H](C)[C@@]3(C)O[C@H]32)oc(=O)c1C. The van der Waals surface area contributed by atoms with Crippen molar-refractivity contribution in [2.75, 3.05) is 7.11 Å². The molecule has 8 nitrogen and oxygen atoms in total. The van der Waals surface area contributed by atoms with E-state index in [2.05, 4.69) is 0 Å². The van der Waals surface area contributed by atoms with Crippen molar-refractivity contribution in [1.82, 2.24) is 0 Å². The maximum atomic E-state index is 12.4. The van der Waals surface area contributed by atoms with Crippen molar-refractivity contribution in [3.63, 3.8) is 0 Å². The highest BCUT2D eigenvalue weighted by atomic mass is 16.7. The lowest BCUT2D eigenvalue weighted by atomic mass is 9.86. The fraction of sp³-hybridized carbons (Fsp3) is 0.615. The first-order valence-electron chi connectivity index (χ1n) is 11.4. The van der Waals surface area contributed by atoms with E-state index in [1.807, 2.05) is 39.8 Å². The van der Waals surface area contributed by atoms with Gasteiger partial charge in [0.05, 0.1) is 18.8 Å². The number of fused-ring (bicyclic) bond motifs is 1. The highest BCUT2D eigenvalue weighted by Crippen LogP contribution is 2.55. The van der Waals surface area contributed by atoms with E-state index in [0.29, 0.717) is 22.4 Å². The second-order valence-corrected chi connectivity index (χ2v) is 10.0. The Morgan fingerprint density at radius 2 is 1.79 bits per heavy atom. The second kappa shape index (κ2) is 8.66. The van der Waals surface area contributed by atoms with Crippen LogP contribution in [0.5, 0.6) is 5.75 Å². The highest BCUT2D eigenvalue weighted by molar-refractivity contribution is 5.66. The van der Waals surface area contributed by atoms with E-state index in [1.54, 1.807) is 20.8 Å². The van der Waals surface area contributed by atoms with Gasteiger partial charge in [-0.1, -0.05) is 11.6 Å². The first kappa shape index (κ1) is 26.2. The second-order valence-electron chi connectivity index (χ2n) is 10.0. The van der Waals surface area contributed by atoms with Gasteiger partial charge in [-0.05, 0) is 67.0 Å². The van der Waals surface area contributed by atoms with Crippen molar-refractivity contribution < 1.29 is 33.3 Å². The number of carbonyl (C=O) groups is 1. The van der Waals surface area contributed by atoms with Crippen molar-refractivity contribution in [3.05, 3.63) is 50.6 Å². The minimum atomic E-state index is -1.85. The van der Waals surface area contributed by atoms with Crippen LogP contribution in [0.15, 0.2) is 32.5 Å². The molecule has 34 heavy (non-hydrogen) atoms. The molecule has 1 unspecified atom stereocenters. The maximum absolute atomic E-state index is 12.4. The molecule has 0 bridgehead atoms. The molecule has 0 aliphatic carbocycles. The molecule has 3 rings (SSSR count). The molecule has 2 fully saturated rings. The topological polar surface area (TPSA) is 108 Å². The maximum Gasteiger partial charge on any atom is 0.342 e. The number of ether oxygens (including phenoxy) is 4. The van der Waals surface area contributed by atoms with Crippen molar-refractivity contribution in [3.8, 4) is 5.75 Å². The van der Waals surface area contributed by atoms with Gasteiger partial charge >= 0.3 is 11.6 Å². The summed E-state index contributed by atoms with van der Waals surface area (Å²) < 4.78 is 28.4. The Morgan fingerprint density at radius 1 is 1.18 bits per heavy atom. The van der Waals surface area contributed by atoms with E-state index in [4.69, 9.17) is 23.4 Å². The molecular weight excluding hydrogens is 440 g/mol. The summed E-state index contributed by atoms with van der Waals surface area (Å²) in [5, 5.41) is 11.6. The standard InChI is InChI=1S/C26H36O8/c1-13(12-24(7)23-26(9,34-23)17(5)33-24)11-14(2)20(31-18(6)27)25(8,29)21-15(3)19(30-10)16(4)22(28)32-21/h11-12,17,20,23,29H,1-10H3/b13-12+,14-11+/t17-,20+,23+,24+,25?,26-/m1/s1. The Bertz CT molecular complexity index is 1110. The number of hydrogen-bond acceptors (Lipinski definition) is 8. The van der Waals surface area contributed by atoms with Crippen LogP contribution in [0.1, 0.15) is 65.4 Å². The zero-order valence-electron chi connectivity index (χ0n) is 21.7. The summed E-state index contributed by atoms with van der Waals surface area (Å²) in [5.74, 6) is -0.290. The Hall–Kier alpha value is -2.42. The number of aliphatic hydroxyl groups is 1. The van der Waals surface area contributed by atoms with Gasteiger partial charge in [0.25, 0.3) is 0 Å². The molecule has 2 aliphatic rings. The molecule has 1 N–H and O–H groups in total. The Kier molecular flexibility index (Phi) is 6.67. The molecular formula is C26H36O8. The van der Waals surface area contributed by atoms with Crippen LogP contribution in [0.4, 0.5) is 0 Å². The van der Waals surface area contributed by atoms with Gasteiger partial charge in [-0.15, -0.1) is 0 Å². The quantitative estimate of drug-likeness (QED) is 0.361. The smallest absolute Gasteiger partial charge is 0.342 e. The number of esters is 1. The summed E-state index contributed by atoms with van der Waals surface area (Å²) in [6.45, 7) is 15.6. The van der Waals surface area contributed by atoms with Crippen molar-refractivity contribution in [1.29, 1.82) is 0 Å². The van der Waals surface area contributed by atoms with Crippen molar-refractivity contribution in [2.24, 2.45) is 0 Å². The molecule has 0 amide bonds. The van der Waals surface area contributed by atoms with Gasteiger partial charge in [0, 0.05) is 12.5 Å². The number of methoxy groups -OCH3 is 1. The third kappa shape index (κ3) is 4.34. The molecule has 1 aromatic heterocycles. The number of epoxide rings is 1. The average molecular weight is 477 g/mol. The molecule has 2 saturated heterocycles. The van der Waals surface area contributed by atoms with E-state index in [0.717, 1.165) is 5.57 Å². The number of allylic oxidation sites excluding steroid dienone is 2. The number of hydrogen-bond donors (Lipinski definition) is 1. The molecule has 0 spiro atoms. The van der Waals surface area contributed by atoms with E-state index in [1.165, 1.54) is 21.0 Å². The summed E-state index contributed by atoms with van der Waals surface area (Å²) in [6.07, 6.45) is 2.60. The molecule has 0 saturated carbocycles. The van der Waals surface area contributed by atoms with Crippen LogP contribution in [-0.2, 0) is 24.6 Å². The molecule has 0 aromatic carbocycles. The van der Waals surface area contributed by atoms with Gasteiger partial charge in [-0.3, -0.25) is 4.79 Å². The summed E-state index contributed by atoms with van der Waals surface area (Å²) in [6, 6.07) is 0. The number of carbonyl (C=O) groups excluding carboxylic acids is 1. The van der Waals surface area contributed by atoms with E-state index in [-0.39, 0.29) is 23.6 Å². The molecule has 0 radical (unpaired) electrons. The normalized spacial score (nSPS) is 31.5. The molecule has 2 aliphatic heterocycles. The van der Waals surface area contributed by atoms with Crippen LogP contribution in [0.2, 0.25) is 0 Å².